The van der Waals surface area contributed by atoms with Crippen molar-refractivity contribution >= 4 is 32.6 Å². The third-order valence-electron chi connectivity index (χ3n) is 10.3. The molecule has 1 aliphatic heterocycles. The molecule has 1 aliphatic rings. The molecule has 0 aliphatic carbocycles. The Kier molecular flexibility index (Phi) is 8.67. The Balaban J connectivity index is 0.000000234. The number of pyridine rings is 2. The van der Waals surface area contributed by atoms with E-state index in [1.165, 1.54) is 60.7 Å². The summed E-state index contributed by atoms with van der Waals surface area (Å²) < 4.78 is 2.47. The second-order valence-corrected chi connectivity index (χ2v) is 13.7. The second-order valence-electron chi connectivity index (χ2n) is 13.7. The molecule has 1 radical (unpaired) electrons. The topological polar surface area (TPSA) is 30.7 Å². The normalized spacial score (nSPS) is 12.5. The second kappa shape index (κ2) is 13.5. The van der Waals surface area contributed by atoms with Crippen molar-refractivity contribution in [3.8, 4) is 39.3 Å². The van der Waals surface area contributed by atoms with Gasteiger partial charge in [0.15, 0.2) is 0 Å². The van der Waals surface area contributed by atoms with Crippen molar-refractivity contribution in [1.82, 2.24) is 14.5 Å². The van der Waals surface area contributed by atoms with Crippen LogP contribution in [0.1, 0.15) is 30.5 Å². The van der Waals surface area contributed by atoms with E-state index in [0.29, 0.717) is 0 Å². The van der Waals surface area contributed by atoms with Gasteiger partial charge in [0.25, 0.3) is 0 Å². The van der Waals surface area contributed by atoms with Crippen molar-refractivity contribution in [3.05, 3.63) is 187 Å². The minimum atomic E-state index is -0.0566. The fraction of sp³-hybridized carbons (Fsp3) is 0.0833. The first kappa shape index (κ1) is 33.5. The van der Waals surface area contributed by atoms with Crippen molar-refractivity contribution in [2.75, 3.05) is 0 Å². The van der Waals surface area contributed by atoms with Crippen molar-refractivity contribution in [3.63, 3.8) is 0 Å². The van der Waals surface area contributed by atoms with E-state index in [2.05, 4.69) is 152 Å². The summed E-state index contributed by atoms with van der Waals surface area (Å²) in [6.45, 7) is 6.75. The summed E-state index contributed by atoms with van der Waals surface area (Å²) >= 11 is 0. The van der Waals surface area contributed by atoms with Gasteiger partial charge in [0.2, 0.25) is 0 Å². The summed E-state index contributed by atoms with van der Waals surface area (Å²) in [6, 6.07) is 57.9. The Morgan fingerprint density at radius 1 is 0.558 bits per heavy atom. The fourth-order valence-corrected chi connectivity index (χ4v) is 7.77. The summed E-state index contributed by atoms with van der Waals surface area (Å²) in [4.78, 5) is 9.05. The number of hydrogen-bond acceptors (Lipinski definition) is 2. The number of nitrogens with zero attached hydrogens (tertiary/aromatic N) is 3. The number of fused-ring (bicyclic) bond motifs is 6. The SMILES string of the molecule is CC1(C)c2ccccc2-n2c3ccc(-c4cc[c-]c(-c5nccc6ccccc56)c4)cc3c3cccc1c32.Cc1cccnc1-c1[c-]cccc1.[Ir]. The Morgan fingerprint density at radius 3 is 2.17 bits per heavy atom. The summed E-state index contributed by atoms with van der Waals surface area (Å²) in [5, 5.41) is 4.93. The maximum atomic E-state index is 4.73. The molecule has 0 saturated carbocycles. The van der Waals surface area contributed by atoms with Crippen LogP contribution in [0.3, 0.4) is 0 Å². The molecule has 3 aromatic heterocycles. The quantitative estimate of drug-likeness (QED) is 0.166. The number of benzene rings is 6. The molecule has 253 valence electrons. The number of para-hydroxylation sites is 2. The molecule has 4 heteroatoms. The van der Waals surface area contributed by atoms with E-state index >= 15 is 0 Å². The van der Waals surface area contributed by atoms with Gasteiger partial charge < -0.3 is 14.5 Å². The molecule has 0 N–H and O–H groups in total. The molecule has 52 heavy (non-hydrogen) atoms. The first-order valence-corrected chi connectivity index (χ1v) is 17.4. The molecule has 0 saturated heterocycles. The van der Waals surface area contributed by atoms with Gasteiger partial charge in [-0.2, -0.15) is 0 Å². The van der Waals surface area contributed by atoms with E-state index in [1.54, 1.807) is 0 Å². The predicted molar refractivity (Wildman–Crippen MR) is 211 cm³/mol. The van der Waals surface area contributed by atoms with Crippen LogP contribution in [0.4, 0.5) is 0 Å². The van der Waals surface area contributed by atoms with Gasteiger partial charge in [0.05, 0.1) is 16.7 Å². The maximum Gasteiger partial charge on any atom is 0.0582 e. The van der Waals surface area contributed by atoms with Crippen LogP contribution in [0.15, 0.2) is 158 Å². The first-order valence-electron chi connectivity index (χ1n) is 17.4. The fourth-order valence-electron chi connectivity index (χ4n) is 7.77. The molecule has 9 aromatic rings. The van der Waals surface area contributed by atoms with Crippen LogP contribution in [-0.2, 0) is 25.5 Å². The van der Waals surface area contributed by atoms with E-state index < -0.39 is 0 Å². The van der Waals surface area contributed by atoms with Crippen LogP contribution in [-0.4, -0.2) is 14.5 Å². The molecule has 4 heterocycles. The number of aromatic nitrogens is 3. The zero-order chi connectivity index (χ0) is 34.5. The summed E-state index contributed by atoms with van der Waals surface area (Å²) in [5.41, 5.74) is 14.2. The summed E-state index contributed by atoms with van der Waals surface area (Å²) in [5.74, 6) is 0. The molecule has 0 atom stereocenters. The Morgan fingerprint density at radius 2 is 1.31 bits per heavy atom. The van der Waals surface area contributed by atoms with Crippen LogP contribution in [0.2, 0.25) is 0 Å². The van der Waals surface area contributed by atoms with Crippen molar-refractivity contribution in [1.29, 1.82) is 0 Å². The predicted octanol–water partition coefficient (Wildman–Crippen LogP) is 12.0. The van der Waals surface area contributed by atoms with Crippen LogP contribution < -0.4 is 0 Å². The maximum absolute atomic E-state index is 4.73. The third kappa shape index (κ3) is 5.56. The monoisotopic (exact) mass is 846 g/mol. The van der Waals surface area contributed by atoms with Gasteiger partial charge in [0.1, 0.15) is 0 Å². The Bertz CT molecular complexity index is 2740. The van der Waals surface area contributed by atoms with Crippen LogP contribution in [0.5, 0.6) is 0 Å². The molecule has 0 fully saturated rings. The summed E-state index contributed by atoms with van der Waals surface area (Å²) in [6.07, 6.45) is 3.70. The Hall–Kier alpha value is -5.67. The average molecular weight is 846 g/mol. The largest absolute Gasteiger partial charge is 0.309 e. The van der Waals surface area contributed by atoms with Gasteiger partial charge in [-0.05, 0) is 76.1 Å². The summed E-state index contributed by atoms with van der Waals surface area (Å²) in [7, 11) is 0. The van der Waals surface area contributed by atoms with Gasteiger partial charge in [-0.1, -0.05) is 92.2 Å². The molecule has 0 bridgehead atoms. The zero-order valence-electron chi connectivity index (χ0n) is 29.2. The van der Waals surface area contributed by atoms with Crippen LogP contribution in [0, 0.1) is 19.1 Å². The minimum absolute atomic E-state index is 0. The molecule has 3 nitrogen and oxygen atoms in total. The number of hydrogen-bond donors (Lipinski definition) is 0. The molecular formula is C48H35IrN3-2. The minimum Gasteiger partial charge on any atom is -0.309 e. The molecule has 6 aromatic carbocycles. The van der Waals surface area contributed by atoms with Crippen LogP contribution in [0.25, 0.3) is 71.9 Å². The van der Waals surface area contributed by atoms with Gasteiger partial charge in [-0.15, -0.1) is 71.3 Å². The average Bonchev–Trinajstić information content (AvgIpc) is 3.52. The molecule has 0 amide bonds. The third-order valence-corrected chi connectivity index (χ3v) is 10.3. The number of rotatable bonds is 3. The van der Waals surface area contributed by atoms with E-state index in [1.807, 2.05) is 48.8 Å². The molecule has 0 spiro atoms. The van der Waals surface area contributed by atoms with E-state index in [0.717, 1.165) is 27.9 Å². The first-order chi connectivity index (χ1) is 25.0. The molecule has 10 rings (SSSR count). The molecule has 0 unspecified atom stereocenters. The molecular weight excluding hydrogens is 811 g/mol. The van der Waals surface area contributed by atoms with Crippen LogP contribution >= 0.6 is 0 Å². The van der Waals surface area contributed by atoms with Gasteiger partial charge >= 0.3 is 0 Å². The van der Waals surface area contributed by atoms with E-state index in [-0.39, 0.29) is 25.5 Å². The van der Waals surface area contributed by atoms with E-state index in [4.69, 9.17) is 4.98 Å². The van der Waals surface area contributed by atoms with E-state index in [9.17, 15) is 0 Å². The van der Waals surface area contributed by atoms with Gasteiger partial charge in [-0.3, -0.25) is 0 Å². The van der Waals surface area contributed by atoms with Crippen molar-refractivity contribution in [2.45, 2.75) is 26.2 Å². The smallest absolute Gasteiger partial charge is 0.0582 e. The number of aryl methyl sites for hydroxylation is 1. The van der Waals surface area contributed by atoms with Gasteiger partial charge in [-0.25, -0.2) is 0 Å². The van der Waals surface area contributed by atoms with Gasteiger partial charge in [0, 0.05) is 48.7 Å². The van der Waals surface area contributed by atoms with Crippen molar-refractivity contribution in [2.24, 2.45) is 0 Å². The standard InChI is InChI=1S/C36H25N2.C12H10N.Ir/c1-36(2)30-14-5-6-16-33(30)38-32-18-17-25(22-29(32)28-13-8-15-31(36)35(28)38)24-10-7-11-26(21-24)34-27-12-4-3-9-23(27)19-20-37-34;1-10-6-5-9-13-12(10)11-7-3-2-4-8-11;/h3-10,12-22H,1-2H3;2-7,9H,1H3;/q2*-1;. The van der Waals surface area contributed by atoms with Crippen molar-refractivity contribution < 1.29 is 20.1 Å². The zero-order valence-corrected chi connectivity index (χ0v) is 31.6. The Labute approximate surface area is 318 Å².